The first-order valence-electron chi connectivity index (χ1n) is 8.17. The molecule has 1 aliphatic rings. The Labute approximate surface area is 147 Å². The van der Waals surface area contributed by atoms with Gasteiger partial charge in [0.05, 0.1) is 10.7 Å². The van der Waals surface area contributed by atoms with E-state index in [1.165, 1.54) is 12.1 Å². The van der Waals surface area contributed by atoms with Gasteiger partial charge < -0.3 is 4.90 Å². The third-order valence-electron chi connectivity index (χ3n) is 3.89. The lowest BCUT2D eigenvalue weighted by Gasteiger charge is -2.33. The van der Waals surface area contributed by atoms with Crippen molar-refractivity contribution >= 4 is 17.5 Å². The first-order chi connectivity index (χ1) is 11.4. The van der Waals surface area contributed by atoms with Gasteiger partial charge in [-0.2, -0.15) is 0 Å². The zero-order valence-corrected chi connectivity index (χ0v) is 15.2. The fraction of sp³-hybridized carbons (Fsp3) is 0.421. The highest BCUT2D eigenvalue weighted by atomic mass is 35.5. The molecule has 1 heterocycles. The van der Waals surface area contributed by atoms with E-state index in [1.54, 1.807) is 17.9 Å². The van der Waals surface area contributed by atoms with E-state index >= 15 is 0 Å². The average molecular weight is 356 g/mol. The third-order valence-corrected chi connectivity index (χ3v) is 4.32. The molecule has 1 atom stereocenters. The van der Waals surface area contributed by atoms with Crippen molar-refractivity contribution in [3.05, 3.63) is 58.8 Å². The molecule has 1 aromatic carbocycles. The predicted octanol–water partition coefficient (Wildman–Crippen LogP) is 5.43. The summed E-state index contributed by atoms with van der Waals surface area (Å²) in [5.41, 5.74) is 0.932. The first kappa shape index (κ1) is 20.4. The molecular weight excluding hydrogens is 332 g/mol. The zero-order chi connectivity index (χ0) is 18.3. The lowest BCUT2D eigenvalue weighted by atomic mass is 9.90. The van der Waals surface area contributed by atoms with Gasteiger partial charge >= 0.3 is 0 Å². The number of halogens is 3. The van der Waals surface area contributed by atoms with Gasteiger partial charge in [-0.25, -0.2) is 8.78 Å². The van der Waals surface area contributed by atoms with Crippen LogP contribution in [0.3, 0.4) is 0 Å². The summed E-state index contributed by atoms with van der Waals surface area (Å²) in [4.78, 5) is 13.6. The van der Waals surface area contributed by atoms with Crippen LogP contribution in [0.25, 0.3) is 0 Å². The number of carbonyl (C=O) groups is 1. The van der Waals surface area contributed by atoms with Crippen molar-refractivity contribution < 1.29 is 13.6 Å². The minimum atomic E-state index is -0.588. The summed E-state index contributed by atoms with van der Waals surface area (Å²) < 4.78 is 26.7. The van der Waals surface area contributed by atoms with Crippen LogP contribution >= 0.6 is 11.6 Å². The fourth-order valence-electron chi connectivity index (χ4n) is 2.63. The van der Waals surface area contributed by atoms with Gasteiger partial charge in [-0.1, -0.05) is 44.2 Å². The van der Waals surface area contributed by atoms with E-state index in [0.717, 1.165) is 6.07 Å². The molecule has 1 aromatic rings. The SMILES string of the molecule is C=C(/C(Cl)=C\C)N1CC(Cc2ccc(F)cc2F)CCC1=O.CC. The molecule has 0 aliphatic carbocycles. The highest BCUT2D eigenvalue weighted by molar-refractivity contribution is 6.32. The molecule has 1 aliphatic heterocycles. The highest BCUT2D eigenvalue weighted by Gasteiger charge is 2.28. The van der Waals surface area contributed by atoms with Gasteiger partial charge in [-0.05, 0) is 37.3 Å². The summed E-state index contributed by atoms with van der Waals surface area (Å²) in [6.07, 6.45) is 3.18. The molecule has 1 amide bonds. The Morgan fingerprint density at radius 3 is 2.67 bits per heavy atom. The summed E-state index contributed by atoms with van der Waals surface area (Å²) in [6.45, 7) is 10.1. The van der Waals surface area contributed by atoms with Crippen molar-refractivity contribution in [2.24, 2.45) is 5.92 Å². The van der Waals surface area contributed by atoms with Crippen LogP contribution in [0.2, 0.25) is 0 Å². The fourth-order valence-corrected chi connectivity index (χ4v) is 2.74. The van der Waals surface area contributed by atoms with Crippen LogP contribution in [0.1, 0.15) is 39.2 Å². The highest BCUT2D eigenvalue weighted by Crippen LogP contribution is 2.28. The van der Waals surface area contributed by atoms with Crippen LogP contribution in [-0.4, -0.2) is 17.4 Å². The van der Waals surface area contributed by atoms with Gasteiger partial charge in [0.15, 0.2) is 0 Å². The molecule has 0 aromatic heterocycles. The number of piperidine rings is 1. The van der Waals surface area contributed by atoms with Crippen LogP contribution in [0.15, 0.2) is 41.6 Å². The van der Waals surface area contributed by atoms with Crippen LogP contribution in [0, 0.1) is 17.6 Å². The number of amides is 1. The van der Waals surface area contributed by atoms with E-state index < -0.39 is 11.6 Å². The molecule has 0 spiro atoms. The predicted molar refractivity (Wildman–Crippen MR) is 94.6 cm³/mol. The number of benzene rings is 1. The van der Waals surface area contributed by atoms with Gasteiger partial charge in [0.25, 0.3) is 0 Å². The lowest BCUT2D eigenvalue weighted by Crippen LogP contribution is -2.39. The van der Waals surface area contributed by atoms with Crippen molar-refractivity contribution in [2.75, 3.05) is 6.54 Å². The quantitative estimate of drug-likeness (QED) is 0.659. The summed E-state index contributed by atoms with van der Waals surface area (Å²) in [5.74, 6) is -1.07. The first-order valence-corrected chi connectivity index (χ1v) is 8.55. The molecule has 2 nitrogen and oxygen atoms in total. The molecular formula is C19H24ClF2NO. The van der Waals surface area contributed by atoms with Crippen LogP contribution in [0.4, 0.5) is 8.78 Å². The average Bonchev–Trinajstić information content (AvgIpc) is 2.59. The second kappa shape index (κ2) is 9.58. The number of nitrogens with zero attached hydrogens (tertiary/aromatic N) is 1. The Hall–Kier alpha value is -1.68. The van der Waals surface area contributed by atoms with Crippen molar-refractivity contribution in [1.82, 2.24) is 4.90 Å². The second-order valence-corrected chi connectivity index (χ2v) is 5.84. The lowest BCUT2D eigenvalue weighted by molar-refractivity contribution is -0.132. The van der Waals surface area contributed by atoms with Gasteiger partial charge in [0, 0.05) is 19.0 Å². The third kappa shape index (κ3) is 5.17. The summed E-state index contributed by atoms with van der Waals surface area (Å²) in [6, 6.07) is 3.59. The van der Waals surface area contributed by atoms with Gasteiger partial charge in [-0.3, -0.25) is 4.79 Å². The van der Waals surface area contributed by atoms with Crippen molar-refractivity contribution in [1.29, 1.82) is 0 Å². The molecule has 2 rings (SSSR count). The molecule has 0 N–H and O–H groups in total. The van der Waals surface area contributed by atoms with E-state index in [2.05, 4.69) is 6.58 Å². The summed E-state index contributed by atoms with van der Waals surface area (Å²) in [5, 5.41) is 0.432. The van der Waals surface area contributed by atoms with Crippen molar-refractivity contribution in [3.8, 4) is 0 Å². The minimum absolute atomic E-state index is 0.0270. The van der Waals surface area contributed by atoms with Crippen LogP contribution < -0.4 is 0 Å². The second-order valence-electron chi connectivity index (χ2n) is 5.43. The molecule has 1 saturated heterocycles. The van der Waals surface area contributed by atoms with Gasteiger partial charge in [0.2, 0.25) is 5.91 Å². The summed E-state index contributed by atoms with van der Waals surface area (Å²) >= 11 is 6.03. The van der Waals surface area contributed by atoms with Crippen molar-refractivity contribution in [2.45, 2.75) is 40.0 Å². The van der Waals surface area contributed by atoms with E-state index in [0.29, 0.717) is 42.1 Å². The van der Waals surface area contributed by atoms with Gasteiger partial charge in [0.1, 0.15) is 11.6 Å². The van der Waals surface area contributed by atoms with Crippen molar-refractivity contribution in [3.63, 3.8) is 0 Å². The number of hydrogen-bond donors (Lipinski definition) is 0. The topological polar surface area (TPSA) is 20.3 Å². The Morgan fingerprint density at radius 1 is 1.42 bits per heavy atom. The Morgan fingerprint density at radius 2 is 2.08 bits per heavy atom. The monoisotopic (exact) mass is 355 g/mol. The maximum absolute atomic E-state index is 13.8. The number of hydrogen-bond acceptors (Lipinski definition) is 1. The standard InChI is InChI=1S/C17H18ClF2NO.C2H6/c1-3-15(18)11(2)21-10-12(4-7-17(21)22)8-13-5-6-14(19)9-16(13)20;1-2/h3,5-6,9,12H,2,4,7-8,10H2,1H3;1-2H3/b15-3+;. The van der Waals surface area contributed by atoms with E-state index in [-0.39, 0.29) is 11.8 Å². The number of carbonyl (C=O) groups excluding carboxylic acids is 1. The molecule has 1 fully saturated rings. The molecule has 132 valence electrons. The smallest absolute Gasteiger partial charge is 0.227 e. The Bertz CT molecular complexity index is 628. The summed E-state index contributed by atoms with van der Waals surface area (Å²) in [7, 11) is 0. The molecule has 0 saturated carbocycles. The van der Waals surface area contributed by atoms with E-state index in [4.69, 9.17) is 11.6 Å². The number of allylic oxidation sites excluding steroid dienone is 2. The molecule has 5 heteroatoms. The normalized spacial score (nSPS) is 18.1. The van der Waals surface area contributed by atoms with E-state index in [1.807, 2.05) is 13.8 Å². The zero-order valence-electron chi connectivity index (χ0n) is 14.4. The largest absolute Gasteiger partial charge is 0.311 e. The molecule has 0 bridgehead atoms. The van der Waals surface area contributed by atoms with Crippen LogP contribution in [0.5, 0.6) is 0 Å². The van der Waals surface area contributed by atoms with Gasteiger partial charge in [-0.15, -0.1) is 0 Å². The number of rotatable bonds is 4. The Balaban J connectivity index is 0.00000139. The molecule has 0 radical (unpaired) electrons. The Kier molecular flexibility index (Phi) is 8.13. The minimum Gasteiger partial charge on any atom is -0.311 e. The molecule has 24 heavy (non-hydrogen) atoms. The molecule has 1 unspecified atom stereocenters. The maximum Gasteiger partial charge on any atom is 0.227 e. The van der Waals surface area contributed by atoms with Crippen LogP contribution in [-0.2, 0) is 11.2 Å². The number of likely N-dealkylation sites (tertiary alicyclic amines) is 1. The maximum atomic E-state index is 13.8. The van der Waals surface area contributed by atoms with E-state index in [9.17, 15) is 13.6 Å².